The minimum absolute atomic E-state index is 0.222. The Morgan fingerprint density at radius 2 is 2.17 bits per heavy atom. The SMILES string of the molecule is C#CCCCCNS(=O)(=O)CCC1CCCCN1. The second-order valence-corrected chi connectivity index (χ2v) is 6.74. The molecule has 1 saturated heterocycles. The molecule has 1 aliphatic heterocycles. The van der Waals surface area contributed by atoms with E-state index in [1.807, 2.05) is 0 Å². The molecule has 0 spiro atoms. The lowest BCUT2D eigenvalue weighted by Crippen LogP contribution is -2.37. The summed E-state index contributed by atoms with van der Waals surface area (Å²) in [4.78, 5) is 0. The highest BCUT2D eigenvalue weighted by molar-refractivity contribution is 7.89. The van der Waals surface area contributed by atoms with Crippen molar-refractivity contribution in [1.29, 1.82) is 0 Å². The van der Waals surface area contributed by atoms with Gasteiger partial charge in [0, 0.05) is 19.0 Å². The van der Waals surface area contributed by atoms with Gasteiger partial charge in [-0.3, -0.25) is 0 Å². The van der Waals surface area contributed by atoms with E-state index < -0.39 is 10.0 Å². The van der Waals surface area contributed by atoms with Gasteiger partial charge in [-0.15, -0.1) is 12.3 Å². The van der Waals surface area contributed by atoms with Crippen LogP contribution in [0, 0.1) is 12.3 Å². The summed E-state index contributed by atoms with van der Waals surface area (Å²) in [5.41, 5.74) is 0. The van der Waals surface area contributed by atoms with E-state index in [1.54, 1.807) is 0 Å². The van der Waals surface area contributed by atoms with Gasteiger partial charge in [-0.1, -0.05) is 6.42 Å². The van der Waals surface area contributed by atoms with E-state index in [2.05, 4.69) is 16.0 Å². The lowest BCUT2D eigenvalue weighted by molar-refractivity contribution is 0.392. The zero-order chi connectivity index (χ0) is 13.3. The van der Waals surface area contributed by atoms with Crippen LogP contribution >= 0.6 is 0 Å². The average molecular weight is 272 g/mol. The van der Waals surface area contributed by atoms with Crippen molar-refractivity contribution in [2.75, 3.05) is 18.8 Å². The molecule has 1 unspecified atom stereocenters. The van der Waals surface area contributed by atoms with Crippen LogP contribution in [-0.4, -0.2) is 33.3 Å². The topological polar surface area (TPSA) is 58.2 Å². The van der Waals surface area contributed by atoms with Crippen LogP contribution in [-0.2, 0) is 10.0 Å². The zero-order valence-corrected chi connectivity index (χ0v) is 11.8. The Morgan fingerprint density at radius 3 is 2.83 bits per heavy atom. The third-order valence-corrected chi connectivity index (χ3v) is 4.63. The van der Waals surface area contributed by atoms with Crippen LogP contribution in [0.3, 0.4) is 0 Å². The Labute approximate surface area is 111 Å². The summed E-state index contributed by atoms with van der Waals surface area (Å²) in [7, 11) is -3.11. The summed E-state index contributed by atoms with van der Waals surface area (Å²) in [6.45, 7) is 1.52. The van der Waals surface area contributed by atoms with Gasteiger partial charge in [0.25, 0.3) is 0 Å². The molecule has 0 bridgehead atoms. The molecule has 5 heteroatoms. The first kappa shape index (κ1) is 15.5. The lowest BCUT2D eigenvalue weighted by atomic mass is 10.0. The number of hydrogen-bond acceptors (Lipinski definition) is 3. The number of piperidine rings is 1. The van der Waals surface area contributed by atoms with Gasteiger partial charge in [0.2, 0.25) is 10.0 Å². The molecule has 0 amide bonds. The average Bonchev–Trinajstić information content (AvgIpc) is 2.38. The summed E-state index contributed by atoms with van der Waals surface area (Å²) in [5.74, 6) is 2.77. The Balaban J connectivity index is 2.12. The van der Waals surface area contributed by atoms with Crippen molar-refractivity contribution in [3.63, 3.8) is 0 Å². The molecule has 0 saturated carbocycles. The Bertz CT molecular complexity index is 354. The molecule has 1 atom stereocenters. The minimum atomic E-state index is -3.11. The largest absolute Gasteiger partial charge is 0.314 e. The minimum Gasteiger partial charge on any atom is -0.314 e. The monoisotopic (exact) mass is 272 g/mol. The van der Waals surface area contributed by atoms with Crippen molar-refractivity contribution in [3.05, 3.63) is 0 Å². The molecule has 1 heterocycles. The molecule has 1 fully saturated rings. The molecular weight excluding hydrogens is 248 g/mol. The van der Waals surface area contributed by atoms with Gasteiger partial charge < -0.3 is 5.32 Å². The van der Waals surface area contributed by atoms with Crippen LogP contribution in [0.5, 0.6) is 0 Å². The van der Waals surface area contributed by atoms with E-state index in [1.165, 1.54) is 12.8 Å². The molecule has 1 rings (SSSR count). The first-order valence-corrected chi connectivity index (χ1v) is 8.43. The van der Waals surface area contributed by atoms with Crippen LogP contribution in [0.4, 0.5) is 0 Å². The standard InChI is InChI=1S/C13H24N2O2S/c1-2-3-4-6-11-15-18(16,17)12-9-13-8-5-7-10-14-13/h1,13-15H,3-12H2. The van der Waals surface area contributed by atoms with Crippen molar-refractivity contribution in [2.24, 2.45) is 0 Å². The molecule has 0 radical (unpaired) electrons. The Kier molecular flexibility index (Phi) is 7.33. The van der Waals surface area contributed by atoms with Crippen molar-refractivity contribution in [3.8, 4) is 12.3 Å². The molecule has 0 aliphatic carbocycles. The van der Waals surface area contributed by atoms with E-state index in [0.717, 1.165) is 25.8 Å². The van der Waals surface area contributed by atoms with Gasteiger partial charge in [-0.2, -0.15) is 0 Å². The van der Waals surface area contributed by atoms with Crippen molar-refractivity contribution >= 4 is 10.0 Å². The fourth-order valence-corrected chi connectivity index (χ4v) is 3.31. The molecule has 18 heavy (non-hydrogen) atoms. The summed E-state index contributed by atoms with van der Waals surface area (Å²) in [6, 6.07) is 0.372. The second-order valence-electron chi connectivity index (χ2n) is 4.81. The number of nitrogens with one attached hydrogen (secondary N) is 2. The molecule has 4 nitrogen and oxygen atoms in total. The second kappa shape index (κ2) is 8.52. The van der Waals surface area contributed by atoms with Crippen LogP contribution in [0.15, 0.2) is 0 Å². The smallest absolute Gasteiger partial charge is 0.211 e. The zero-order valence-electron chi connectivity index (χ0n) is 11.0. The van der Waals surface area contributed by atoms with Crippen molar-refractivity contribution in [1.82, 2.24) is 10.0 Å². The number of rotatable bonds is 8. The maximum atomic E-state index is 11.7. The van der Waals surface area contributed by atoms with E-state index in [-0.39, 0.29) is 5.75 Å². The van der Waals surface area contributed by atoms with Gasteiger partial charge in [0.15, 0.2) is 0 Å². The highest BCUT2D eigenvalue weighted by Crippen LogP contribution is 2.10. The van der Waals surface area contributed by atoms with E-state index in [9.17, 15) is 8.42 Å². The van der Waals surface area contributed by atoms with Crippen molar-refractivity contribution < 1.29 is 8.42 Å². The summed E-state index contributed by atoms with van der Waals surface area (Å²) < 4.78 is 26.1. The van der Waals surface area contributed by atoms with Gasteiger partial charge in [-0.05, 0) is 38.6 Å². The Hall–Kier alpha value is -0.570. The third kappa shape index (κ3) is 7.00. The third-order valence-electron chi connectivity index (χ3n) is 3.22. The van der Waals surface area contributed by atoms with Gasteiger partial charge in [0.05, 0.1) is 5.75 Å². The summed E-state index contributed by atoms with van der Waals surface area (Å²) >= 11 is 0. The van der Waals surface area contributed by atoms with Crippen molar-refractivity contribution in [2.45, 2.75) is 51.0 Å². The van der Waals surface area contributed by atoms with Gasteiger partial charge in [0.1, 0.15) is 0 Å². The Morgan fingerprint density at radius 1 is 1.33 bits per heavy atom. The molecule has 1 aliphatic rings. The van der Waals surface area contributed by atoms with Gasteiger partial charge in [-0.25, -0.2) is 13.1 Å². The highest BCUT2D eigenvalue weighted by Gasteiger charge is 2.16. The number of terminal acetylenes is 1. The molecule has 0 aromatic carbocycles. The number of hydrogen-bond donors (Lipinski definition) is 2. The van der Waals surface area contributed by atoms with E-state index in [0.29, 0.717) is 25.4 Å². The number of sulfonamides is 1. The fourth-order valence-electron chi connectivity index (χ4n) is 2.12. The van der Waals surface area contributed by atoms with Crippen LogP contribution < -0.4 is 10.0 Å². The normalized spacial score (nSPS) is 20.5. The predicted octanol–water partition coefficient (Wildman–Crippen LogP) is 1.24. The molecule has 2 N–H and O–H groups in total. The summed E-state index contributed by atoms with van der Waals surface area (Å²) in [6.07, 6.45) is 11.7. The lowest BCUT2D eigenvalue weighted by Gasteiger charge is -2.23. The van der Waals surface area contributed by atoms with Crippen LogP contribution in [0.25, 0.3) is 0 Å². The summed E-state index contributed by atoms with van der Waals surface area (Å²) in [5, 5.41) is 3.36. The van der Waals surface area contributed by atoms with E-state index in [4.69, 9.17) is 6.42 Å². The number of unbranched alkanes of at least 4 members (excludes halogenated alkanes) is 2. The first-order chi connectivity index (χ1) is 8.64. The predicted molar refractivity (Wildman–Crippen MR) is 74.7 cm³/mol. The van der Waals surface area contributed by atoms with Gasteiger partial charge >= 0.3 is 0 Å². The maximum Gasteiger partial charge on any atom is 0.211 e. The molecule has 104 valence electrons. The fraction of sp³-hybridized carbons (Fsp3) is 0.846. The highest BCUT2D eigenvalue weighted by atomic mass is 32.2. The maximum absolute atomic E-state index is 11.7. The van der Waals surface area contributed by atoms with E-state index >= 15 is 0 Å². The molecule has 0 aromatic rings. The van der Waals surface area contributed by atoms with Crippen LogP contribution in [0.1, 0.15) is 44.9 Å². The molecular formula is C13H24N2O2S. The molecule has 0 aromatic heterocycles. The van der Waals surface area contributed by atoms with Crippen LogP contribution in [0.2, 0.25) is 0 Å². The quantitative estimate of drug-likeness (QED) is 0.516. The first-order valence-electron chi connectivity index (χ1n) is 6.78.